The van der Waals surface area contributed by atoms with Crippen LogP contribution in [-0.2, 0) is 19.4 Å². The van der Waals surface area contributed by atoms with Gasteiger partial charge in [-0.25, -0.2) is 4.79 Å². The zero-order valence-electron chi connectivity index (χ0n) is 14.9. The molecule has 0 amide bonds. The molecule has 27 heavy (non-hydrogen) atoms. The molecule has 1 N–H and O–H groups in total. The molecule has 0 unspecified atom stereocenters. The number of carboxylic acid groups (broad SMARTS) is 1. The zero-order chi connectivity index (χ0) is 19.1. The van der Waals surface area contributed by atoms with E-state index in [9.17, 15) is 9.90 Å². The molecule has 0 aliphatic carbocycles. The van der Waals surface area contributed by atoms with Crippen LogP contribution in [0, 0.1) is 0 Å². The molecule has 0 spiro atoms. The van der Waals surface area contributed by atoms with Gasteiger partial charge < -0.3 is 9.84 Å². The highest BCUT2D eigenvalue weighted by Gasteiger charge is 2.11. The van der Waals surface area contributed by atoms with E-state index in [0.717, 1.165) is 36.1 Å². The first kappa shape index (κ1) is 19.2. The second kappa shape index (κ2) is 9.38. The summed E-state index contributed by atoms with van der Waals surface area (Å²) in [4.78, 5) is 11.3. The van der Waals surface area contributed by atoms with Crippen LogP contribution in [0.3, 0.4) is 0 Å². The Kier molecular flexibility index (Phi) is 6.66. The molecule has 0 heterocycles. The van der Waals surface area contributed by atoms with E-state index in [1.54, 1.807) is 12.1 Å². The van der Waals surface area contributed by atoms with Gasteiger partial charge in [0.15, 0.2) is 0 Å². The monoisotopic (exact) mass is 424 g/mol. The third kappa shape index (κ3) is 5.20. The summed E-state index contributed by atoms with van der Waals surface area (Å²) in [7, 11) is 0. The molecule has 0 bridgehead atoms. The Bertz CT molecular complexity index is 907. The van der Waals surface area contributed by atoms with Crippen molar-refractivity contribution < 1.29 is 14.6 Å². The van der Waals surface area contributed by atoms with Crippen LogP contribution in [0.2, 0.25) is 0 Å². The normalized spacial score (nSPS) is 10.6. The number of ether oxygens (including phenoxy) is 1. The van der Waals surface area contributed by atoms with Gasteiger partial charge in [-0.3, -0.25) is 0 Å². The summed E-state index contributed by atoms with van der Waals surface area (Å²) >= 11 is 3.43. The molecule has 4 heteroatoms. The van der Waals surface area contributed by atoms with Crippen LogP contribution >= 0.6 is 15.9 Å². The third-order valence-electron chi connectivity index (χ3n) is 4.41. The summed E-state index contributed by atoms with van der Waals surface area (Å²) in [6.45, 7) is 0.546. The number of aryl methyl sites for hydroxylation is 2. The topological polar surface area (TPSA) is 46.5 Å². The Hall–Kier alpha value is -2.59. The van der Waals surface area contributed by atoms with Crippen molar-refractivity contribution in [2.45, 2.75) is 25.9 Å². The minimum absolute atomic E-state index is 0.305. The van der Waals surface area contributed by atoms with Crippen molar-refractivity contribution in [3.63, 3.8) is 0 Å². The summed E-state index contributed by atoms with van der Waals surface area (Å²) < 4.78 is 6.69. The van der Waals surface area contributed by atoms with E-state index in [2.05, 4.69) is 34.1 Å². The molecule has 3 aromatic rings. The van der Waals surface area contributed by atoms with Crippen molar-refractivity contribution in [1.29, 1.82) is 0 Å². The van der Waals surface area contributed by atoms with Gasteiger partial charge in [0, 0.05) is 4.47 Å². The van der Waals surface area contributed by atoms with E-state index in [4.69, 9.17) is 4.74 Å². The molecule has 0 atom stereocenters. The van der Waals surface area contributed by atoms with Crippen LogP contribution in [0.25, 0.3) is 0 Å². The van der Waals surface area contributed by atoms with Gasteiger partial charge in [-0.15, -0.1) is 0 Å². The van der Waals surface area contributed by atoms with Crippen LogP contribution in [0.4, 0.5) is 0 Å². The summed E-state index contributed by atoms with van der Waals surface area (Å²) in [5.41, 5.74) is 3.62. The SMILES string of the molecule is O=C(O)c1cccc(CCCc2ccccc2OCc2ccccc2)c1Br. The van der Waals surface area contributed by atoms with Crippen LogP contribution in [0.5, 0.6) is 5.75 Å². The largest absolute Gasteiger partial charge is 0.489 e. The Morgan fingerprint density at radius 2 is 1.52 bits per heavy atom. The summed E-state index contributed by atoms with van der Waals surface area (Å²) in [5, 5.41) is 9.24. The van der Waals surface area contributed by atoms with E-state index in [1.165, 1.54) is 5.56 Å². The van der Waals surface area contributed by atoms with E-state index < -0.39 is 5.97 Å². The van der Waals surface area contributed by atoms with Crippen molar-refractivity contribution in [3.8, 4) is 5.75 Å². The van der Waals surface area contributed by atoms with Gasteiger partial charge in [0.05, 0.1) is 5.56 Å². The minimum atomic E-state index is -0.914. The Balaban J connectivity index is 1.62. The van der Waals surface area contributed by atoms with Crippen LogP contribution < -0.4 is 4.74 Å². The maximum atomic E-state index is 11.3. The molecule has 0 saturated heterocycles. The van der Waals surface area contributed by atoms with Gasteiger partial charge in [-0.2, -0.15) is 0 Å². The predicted molar refractivity (Wildman–Crippen MR) is 110 cm³/mol. The number of hydrogen-bond donors (Lipinski definition) is 1. The van der Waals surface area contributed by atoms with E-state index >= 15 is 0 Å². The van der Waals surface area contributed by atoms with E-state index in [-0.39, 0.29) is 0 Å². The van der Waals surface area contributed by atoms with Gasteiger partial charge in [-0.05, 0) is 64.0 Å². The highest BCUT2D eigenvalue weighted by molar-refractivity contribution is 9.10. The fourth-order valence-electron chi connectivity index (χ4n) is 2.99. The number of halogens is 1. The Labute approximate surface area is 167 Å². The lowest BCUT2D eigenvalue weighted by Gasteiger charge is -2.12. The first-order valence-electron chi connectivity index (χ1n) is 8.90. The Morgan fingerprint density at radius 1 is 0.852 bits per heavy atom. The predicted octanol–water partition coefficient (Wildman–Crippen LogP) is 5.90. The average Bonchev–Trinajstić information content (AvgIpc) is 2.69. The molecule has 138 valence electrons. The van der Waals surface area contributed by atoms with Crippen LogP contribution in [-0.4, -0.2) is 11.1 Å². The van der Waals surface area contributed by atoms with Crippen LogP contribution in [0.1, 0.15) is 33.5 Å². The Morgan fingerprint density at radius 3 is 2.30 bits per heavy atom. The van der Waals surface area contributed by atoms with Gasteiger partial charge in [0.25, 0.3) is 0 Å². The molecule has 0 aliphatic heterocycles. The molecule has 0 aromatic heterocycles. The van der Waals surface area contributed by atoms with Gasteiger partial charge >= 0.3 is 5.97 Å². The first-order valence-corrected chi connectivity index (χ1v) is 9.70. The molecule has 3 aromatic carbocycles. The molecular weight excluding hydrogens is 404 g/mol. The fourth-order valence-corrected chi connectivity index (χ4v) is 3.63. The average molecular weight is 425 g/mol. The van der Waals surface area contributed by atoms with Crippen molar-refractivity contribution in [2.24, 2.45) is 0 Å². The number of para-hydroxylation sites is 1. The van der Waals surface area contributed by atoms with Crippen molar-refractivity contribution in [1.82, 2.24) is 0 Å². The quantitative estimate of drug-likeness (QED) is 0.489. The lowest BCUT2D eigenvalue weighted by Crippen LogP contribution is -2.01. The molecular formula is C23H21BrO3. The van der Waals surface area contributed by atoms with E-state index in [1.807, 2.05) is 42.5 Å². The zero-order valence-corrected chi connectivity index (χ0v) is 16.5. The van der Waals surface area contributed by atoms with Crippen molar-refractivity contribution in [3.05, 3.63) is 99.5 Å². The lowest BCUT2D eigenvalue weighted by molar-refractivity contribution is 0.0695. The summed E-state index contributed by atoms with van der Waals surface area (Å²) in [6, 6.07) is 23.6. The second-order valence-electron chi connectivity index (χ2n) is 6.32. The number of carbonyl (C=O) groups is 1. The summed E-state index contributed by atoms with van der Waals surface area (Å²) in [6.07, 6.45) is 2.58. The summed E-state index contributed by atoms with van der Waals surface area (Å²) in [5.74, 6) is -0.0110. The molecule has 3 nitrogen and oxygen atoms in total. The number of benzene rings is 3. The molecule has 3 rings (SSSR count). The van der Waals surface area contributed by atoms with Crippen molar-refractivity contribution in [2.75, 3.05) is 0 Å². The minimum Gasteiger partial charge on any atom is -0.489 e. The van der Waals surface area contributed by atoms with Gasteiger partial charge in [0.2, 0.25) is 0 Å². The van der Waals surface area contributed by atoms with Gasteiger partial charge in [0.1, 0.15) is 12.4 Å². The first-order chi connectivity index (χ1) is 13.1. The molecule has 0 radical (unpaired) electrons. The number of hydrogen-bond acceptors (Lipinski definition) is 2. The van der Waals surface area contributed by atoms with Crippen molar-refractivity contribution >= 4 is 21.9 Å². The smallest absolute Gasteiger partial charge is 0.336 e. The molecule has 0 saturated carbocycles. The van der Waals surface area contributed by atoms with Crippen LogP contribution in [0.15, 0.2) is 77.3 Å². The fraction of sp³-hybridized carbons (Fsp3) is 0.174. The third-order valence-corrected chi connectivity index (χ3v) is 5.35. The molecule has 0 fully saturated rings. The molecule has 0 aliphatic rings. The maximum absolute atomic E-state index is 11.3. The lowest BCUT2D eigenvalue weighted by atomic mass is 10.0. The standard InChI is InChI=1S/C23H21BrO3/c24-22-19(13-7-14-20(22)23(25)26)12-6-11-18-10-4-5-15-21(18)27-16-17-8-2-1-3-9-17/h1-5,7-10,13-15H,6,11-12,16H2,(H,25,26). The maximum Gasteiger partial charge on any atom is 0.336 e. The number of carboxylic acids is 1. The highest BCUT2D eigenvalue weighted by atomic mass is 79.9. The van der Waals surface area contributed by atoms with E-state index in [0.29, 0.717) is 16.6 Å². The second-order valence-corrected chi connectivity index (χ2v) is 7.11. The van der Waals surface area contributed by atoms with Gasteiger partial charge in [-0.1, -0.05) is 60.7 Å². The number of aromatic carboxylic acids is 1. The number of rotatable bonds is 8. The highest BCUT2D eigenvalue weighted by Crippen LogP contribution is 2.25.